The van der Waals surface area contributed by atoms with E-state index in [0.717, 1.165) is 29.7 Å². The van der Waals surface area contributed by atoms with Crippen molar-refractivity contribution in [1.82, 2.24) is 14.8 Å². The molecule has 3 aliphatic rings. The van der Waals surface area contributed by atoms with Gasteiger partial charge in [0.25, 0.3) is 5.91 Å². The number of methoxy groups -OCH3 is 1. The second-order valence-electron chi connectivity index (χ2n) is 9.07. The zero-order valence-corrected chi connectivity index (χ0v) is 18.4. The Morgan fingerprint density at radius 1 is 1.25 bits per heavy atom. The molecule has 32 heavy (non-hydrogen) atoms. The van der Waals surface area contributed by atoms with E-state index in [2.05, 4.69) is 4.98 Å². The van der Waals surface area contributed by atoms with Gasteiger partial charge in [-0.05, 0) is 48.1 Å². The summed E-state index contributed by atoms with van der Waals surface area (Å²) in [5.41, 5.74) is 0.912. The fourth-order valence-electron chi connectivity index (χ4n) is 4.90. The van der Waals surface area contributed by atoms with Crippen LogP contribution >= 0.6 is 0 Å². The summed E-state index contributed by atoms with van der Waals surface area (Å²) in [5, 5.41) is 0. The number of nitrogens with zero attached hydrogens (tertiary/aromatic N) is 3. The van der Waals surface area contributed by atoms with Gasteiger partial charge in [0, 0.05) is 44.4 Å². The number of carbonyl (C=O) groups is 2. The van der Waals surface area contributed by atoms with Crippen LogP contribution in [0.2, 0.25) is 0 Å². The molecule has 3 fully saturated rings. The lowest BCUT2D eigenvalue weighted by Gasteiger charge is -2.42. The Bertz CT molecular complexity index is 976. The smallest absolute Gasteiger partial charge is 0.257 e. The van der Waals surface area contributed by atoms with Crippen LogP contribution in [0.15, 0.2) is 48.8 Å². The number of morpholine rings is 1. The van der Waals surface area contributed by atoms with Crippen molar-refractivity contribution in [2.45, 2.75) is 37.3 Å². The normalized spacial score (nSPS) is 25.4. The second-order valence-corrected chi connectivity index (χ2v) is 9.07. The highest BCUT2D eigenvalue weighted by molar-refractivity contribution is 5.90. The average Bonchev–Trinajstić information content (AvgIpc) is 3.56. The van der Waals surface area contributed by atoms with E-state index in [-0.39, 0.29) is 17.7 Å². The van der Waals surface area contributed by atoms with Gasteiger partial charge in [-0.2, -0.15) is 0 Å². The first-order valence-electron chi connectivity index (χ1n) is 11.3. The number of ether oxygens (including phenoxy) is 2. The van der Waals surface area contributed by atoms with Gasteiger partial charge in [0.1, 0.15) is 5.75 Å². The quantitative estimate of drug-likeness (QED) is 0.698. The van der Waals surface area contributed by atoms with E-state index in [0.29, 0.717) is 45.1 Å². The Morgan fingerprint density at radius 2 is 2.06 bits per heavy atom. The maximum absolute atomic E-state index is 13.9. The Kier molecular flexibility index (Phi) is 5.59. The molecule has 1 saturated carbocycles. The number of benzene rings is 1. The van der Waals surface area contributed by atoms with Crippen LogP contribution in [0.5, 0.6) is 5.75 Å². The van der Waals surface area contributed by atoms with E-state index >= 15 is 0 Å². The maximum atomic E-state index is 13.9. The standard InChI is InChI=1S/C25H29N3O4/c1-31-21-8-6-19(7-9-21)15-27-11-12-32-25(24(27)30)17-28(23(29)13-18-4-5-18)16-22(25)20-3-2-10-26-14-20/h2-3,6-10,14,18,22H,4-5,11-13,15-17H2,1H3/t22-,25-/m1/s1. The van der Waals surface area contributed by atoms with Crippen LogP contribution in [-0.2, 0) is 20.9 Å². The highest BCUT2D eigenvalue weighted by Crippen LogP contribution is 2.43. The van der Waals surface area contributed by atoms with Crippen LogP contribution in [0, 0.1) is 5.92 Å². The van der Waals surface area contributed by atoms with E-state index in [4.69, 9.17) is 9.47 Å². The van der Waals surface area contributed by atoms with Crippen molar-refractivity contribution in [3.8, 4) is 5.75 Å². The minimum atomic E-state index is -1.06. The molecule has 1 aliphatic carbocycles. The summed E-state index contributed by atoms with van der Waals surface area (Å²) < 4.78 is 11.5. The van der Waals surface area contributed by atoms with Gasteiger partial charge in [-0.1, -0.05) is 18.2 Å². The minimum absolute atomic E-state index is 0.0462. The number of aromatic nitrogens is 1. The highest BCUT2D eigenvalue weighted by atomic mass is 16.5. The van der Waals surface area contributed by atoms with Gasteiger partial charge in [-0.25, -0.2) is 0 Å². The first-order chi connectivity index (χ1) is 15.6. The van der Waals surface area contributed by atoms with Crippen molar-refractivity contribution >= 4 is 11.8 Å². The van der Waals surface area contributed by atoms with Crippen LogP contribution in [0.4, 0.5) is 0 Å². The van der Waals surface area contributed by atoms with Crippen LogP contribution in [0.25, 0.3) is 0 Å². The lowest BCUT2D eigenvalue weighted by Crippen LogP contribution is -2.60. The molecule has 2 amide bonds. The van der Waals surface area contributed by atoms with E-state index in [9.17, 15) is 9.59 Å². The number of likely N-dealkylation sites (tertiary alicyclic amines) is 1. The molecule has 1 aromatic heterocycles. The van der Waals surface area contributed by atoms with Crippen molar-refractivity contribution < 1.29 is 19.1 Å². The Morgan fingerprint density at radius 3 is 2.75 bits per heavy atom. The molecule has 168 valence electrons. The van der Waals surface area contributed by atoms with Crippen LogP contribution in [0.1, 0.15) is 36.3 Å². The van der Waals surface area contributed by atoms with Crippen molar-refractivity contribution in [3.63, 3.8) is 0 Å². The molecule has 0 unspecified atom stereocenters. The fourth-order valence-corrected chi connectivity index (χ4v) is 4.90. The predicted octanol–water partition coefficient (Wildman–Crippen LogP) is 2.61. The summed E-state index contributed by atoms with van der Waals surface area (Å²) in [7, 11) is 1.64. The van der Waals surface area contributed by atoms with Gasteiger partial charge >= 0.3 is 0 Å². The topological polar surface area (TPSA) is 72.0 Å². The van der Waals surface area contributed by atoms with E-state index in [1.165, 1.54) is 0 Å². The second kappa shape index (κ2) is 8.54. The summed E-state index contributed by atoms with van der Waals surface area (Å²) in [6, 6.07) is 11.6. The molecule has 7 heteroatoms. The van der Waals surface area contributed by atoms with E-state index in [1.54, 1.807) is 19.5 Å². The molecule has 1 aromatic carbocycles. The summed E-state index contributed by atoms with van der Waals surface area (Å²) in [5.74, 6) is 1.14. The summed E-state index contributed by atoms with van der Waals surface area (Å²) in [6.07, 6.45) is 6.34. The highest BCUT2D eigenvalue weighted by Gasteiger charge is 2.58. The van der Waals surface area contributed by atoms with Gasteiger partial charge in [-0.15, -0.1) is 0 Å². The SMILES string of the molecule is COc1ccc(CN2CCO[C@@]3(CN(C(=O)CC4CC4)C[C@@H]3c3cccnc3)C2=O)cc1. The van der Waals surface area contributed by atoms with Crippen molar-refractivity contribution in [2.75, 3.05) is 33.4 Å². The lowest BCUT2D eigenvalue weighted by atomic mass is 9.83. The molecule has 2 aliphatic heterocycles. The van der Waals surface area contributed by atoms with Crippen LogP contribution in [-0.4, -0.2) is 65.6 Å². The molecular weight excluding hydrogens is 406 g/mol. The van der Waals surface area contributed by atoms with Gasteiger partial charge in [0.2, 0.25) is 5.91 Å². The number of hydrogen-bond acceptors (Lipinski definition) is 5. The number of carbonyl (C=O) groups excluding carboxylic acids is 2. The third-order valence-electron chi connectivity index (χ3n) is 6.89. The summed E-state index contributed by atoms with van der Waals surface area (Å²) in [6.45, 7) is 2.27. The number of rotatable bonds is 6. The van der Waals surface area contributed by atoms with E-state index in [1.807, 2.05) is 46.2 Å². The van der Waals surface area contributed by atoms with Gasteiger partial charge < -0.3 is 19.3 Å². The van der Waals surface area contributed by atoms with Crippen molar-refractivity contribution in [1.29, 1.82) is 0 Å². The molecule has 0 N–H and O–H groups in total. The maximum Gasteiger partial charge on any atom is 0.257 e. The number of hydrogen-bond donors (Lipinski definition) is 0. The Hall–Kier alpha value is -2.93. The number of amides is 2. The predicted molar refractivity (Wildman–Crippen MR) is 118 cm³/mol. The summed E-state index contributed by atoms with van der Waals surface area (Å²) >= 11 is 0. The van der Waals surface area contributed by atoms with Gasteiger partial charge in [-0.3, -0.25) is 14.6 Å². The third-order valence-corrected chi connectivity index (χ3v) is 6.89. The molecule has 1 spiro atoms. The first-order valence-corrected chi connectivity index (χ1v) is 11.3. The molecule has 0 bridgehead atoms. The zero-order valence-electron chi connectivity index (χ0n) is 18.4. The van der Waals surface area contributed by atoms with Crippen molar-refractivity contribution in [2.24, 2.45) is 5.92 Å². The van der Waals surface area contributed by atoms with Gasteiger partial charge in [0.15, 0.2) is 5.60 Å². The summed E-state index contributed by atoms with van der Waals surface area (Å²) in [4.78, 5) is 34.8. The molecule has 5 rings (SSSR count). The molecule has 2 saturated heterocycles. The van der Waals surface area contributed by atoms with E-state index < -0.39 is 5.60 Å². The molecule has 3 heterocycles. The molecule has 2 aromatic rings. The molecule has 7 nitrogen and oxygen atoms in total. The zero-order chi connectivity index (χ0) is 22.1. The molecule has 0 radical (unpaired) electrons. The largest absolute Gasteiger partial charge is 0.497 e. The van der Waals surface area contributed by atoms with Gasteiger partial charge in [0.05, 0.1) is 20.3 Å². The fraction of sp³-hybridized carbons (Fsp3) is 0.480. The Balaban J connectivity index is 1.41. The Labute approximate surface area is 188 Å². The average molecular weight is 436 g/mol. The number of pyridine rings is 1. The van der Waals surface area contributed by atoms with Crippen LogP contribution < -0.4 is 4.74 Å². The molecule has 2 atom stereocenters. The molecular formula is C25H29N3O4. The first kappa shape index (κ1) is 20.9. The lowest BCUT2D eigenvalue weighted by molar-refractivity contribution is -0.173. The third kappa shape index (κ3) is 3.97. The van der Waals surface area contributed by atoms with Crippen molar-refractivity contribution in [3.05, 3.63) is 59.9 Å². The monoisotopic (exact) mass is 435 g/mol. The van der Waals surface area contributed by atoms with Crippen LogP contribution in [0.3, 0.4) is 0 Å². The minimum Gasteiger partial charge on any atom is -0.497 e.